The molecule has 1 heterocycles. The van der Waals surface area contributed by atoms with Crippen molar-refractivity contribution >= 4 is 5.91 Å². The van der Waals surface area contributed by atoms with Crippen LogP contribution in [-0.4, -0.2) is 41.6 Å². The number of amides is 1. The normalized spacial score (nSPS) is 22.6. The molecular formula is C25H38N2O2. The van der Waals surface area contributed by atoms with Crippen molar-refractivity contribution in [3.63, 3.8) is 0 Å². The molecule has 2 unspecified atom stereocenters. The number of piperidine rings is 1. The third-order valence-electron chi connectivity index (χ3n) is 6.90. The standard InChI is InChI=1S/C25H38N2O2/c1-3-20(2)10-9-17-27-18-15-23(16-19-27)26-24(28)25(29,22-13-7-8-14-22)21-11-5-4-6-12-21/h4-6,9-12,20,22-23,29H,3,7-8,13-19H2,1-2H3,(H,26,28)/b10-9+. The van der Waals surface area contributed by atoms with E-state index >= 15 is 0 Å². The van der Waals surface area contributed by atoms with Gasteiger partial charge in [-0.3, -0.25) is 9.69 Å². The van der Waals surface area contributed by atoms with Crippen LogP contribution in [0.5, 0.6) is 0 Å². The molecule has 2 fully saturated rings. The Morgan fingerprint density at radius 2 is 1.86 bits per heavy atom. The summed E-state index contributed by atoms with van der Waals surface area (Å²) in [6.07, 6.45) is 11.7. The van der Waals surface area contributed by atoms with E-state index in [1.54, 1.807) is 0 Å². The summed E-state index contributed by atoms with van der Waals surface area (Å²) in [4.78, 5) is 15.7. The molecule has 0 bridgehead atoms. The molecule has 1 aliphatic heterocycles. The first-order valence-electron chi connectivity index (χ1n) is 11.5. The first-order chi connectivity index (χ1) is 14.0. The molecule has 4 nitrogen and oxygen atoms in total. The molecule has 29 heavy (non-hydrogen) atoms. The number of carbonyl (C=O) groups excluding carboxylic acids is 1. The number of carbonyl (C=O) groups is 1. The number of aliphatic hydroxyl groups is 1. The van der Waals surface area contributed by atoms with Crippen molar-refractivity contribution in [3.8, 4) is 0 Å². The smallest absolute Gasteiger partial charge is 0.257 e. The van der Waals surface area contributed by atoms with Crippen molar-refractivity contribution in [3.05, 3.63) is 48.0 Å². The molecule has 1 aromatic carbocycles. The van der Waals surface area contributed by atoms with Crippen LogP contribution in [0.15, 0.2) is 42.5 Å². The molecule has 2 aliphatic rings. The molecule has 1 aromatic rings. The average Bonchev–Trinajstić information content (AvgIpc) is 3.30. The largest absolute Gasteiger partial charge is 0.375 e. The van der Waals surface area contributed by atoms with Crippen molar-refractivity contribution in [1.82, 2.24) is 10.2 Å². The summed E-state index contributed by atoms with van der Waals surface area (Å²) in [6.45, 7) is 7.43. The summed E-state index contributed by atoms with van der Waals surface area (Å²) < 4.78 is 0. The summed E-state index contributed by atoms with van der Waals surface area (Å²) in [5.74, 6) is 0.444. The predicted molar refractivity (Wildman–Crippen MR) is 118 cm³/mol. The number of hydrogen-bond donors (Lipinski definition) is 2. The van der Waals surface area contributed by atoms with E-state index < -0.39 is 5.60 Å². The maximum Gasteiger partial charge on any atom is 0.257 e. The first kappa shape index (κ1) is 22.0. The van der Waals surface area contributed by atoms with Crippen LogP contribution < -0.4 is 5.32 Å². The van der Waals surface area contributed by atoms with E-state index in [9.17, 15) is 9.90 Å². The second-order valence-corrected chi connectivity index (χ2v) is 8.98. The number of rotatable bonds is 8. The highest BCUT2D eigenvalue weighted by Crippen LogP contribution is 2.41. The minimum absolute atomic E-state index is 0.00989. The van der Waals surface area contributed by atoms with E-state index in [2.05, 4.69) is 36.2 Å². The number of hydrogen-bond acceptors (Lipinski definition) is 3. The fourth-order valence-corrected chi connectivity index (χ4v) is 4.72. The average molecular weight is 399 g/mol. The molecule has 3 rings (SSSR count). The van der Waals surface area contributed by atoms with Gasteiger partial charge in [0.2, 0.25) is 0 Å². The molecular weight excluding hydrogens is 360 g/mol. The van der Waals surface area contributed by atoms with E-state index in [0.717, 1.165) is 63.7 Å². The highest BCUT2D eigenvalue weighted by molar-refractivity contribution is 5.87. The lowest BCUT2D eigenvalue weighted by molar-refractivity contribution is -0.148. The molecule has 1 aliphatic carbocycles. The minimum atomic E-state index is -1.41. The van der Waals surface area contributed by atoms with Gasteiger partial charge < -0.3 is 10.4 Å². The number of nitrogens with zero attached hydrogens (tertiary/aromatic N) is 1. The maximum atomic E-state index is 13.3. The van der Waals surface area contributed by atoms with E-state index in [-0.39, 0.29) is 17.9 Å². The zero-order valence-corrected chi connectivity index (χ0v) is 18.1. The van der Waals surface area contributed by atoms with Gasteiger partial charge in [0.1, 0.15) is 0 Å². The lowest BCUT2D eigenvalue weighted by atomic mass is 9.79. The molecule has 4 heteroatoms. The van der Waals surface area contributed by atoms with Gasteiger partial charge in [0.25, 0.3) is 5.91 Å². The summed E-state index contributed by atoms with van der Waals surface area (Å²) >= 11 is 0. The van der Waals surface area contributed by atoms with Gasteiger partial charge in [0.05, 0.1) is 0 Å². The van der Waals surface area contributed by atoms with Gasteiger partial charge in [-0.15, -0.1) is 0 Å². The second-order valence-electron chi connectivity index (χ2n) is 8.98. The maximum absolute atomic E-state index is 13.3. The Bertz CT molecular complexity index is 661. The van der Waals surface area contributed by atoms with Crippen LogP contribution in [0.4, 0.5) is 0 Å². The third kappa shape index (κ3) is 5.49. The van der Waals surface area contributed by atoms with Crippen LogP contribution in [0.1, 0.15) is 64.4 Å². The Labute approximate surface area is 176 Å². The number of likely N-dealkylation sites (tertiary alicyclic amines) is 1. The lowest BCUT2D eigenvalue weighted by Gasteiger charge is -2.37. The van der Waals surface area contributed by atoms with Crippen molar-refractivity contribution in [2.45, 2.75) is 70.4 Å². The van der Waals surface area contributed by atoms with Gasteiger partial charge in [-0.2, -0.15) is 0 Å². The molecule has 0 spiro atoms. The number of allylic oxidation sites excluding steroid dienone is 1. The van der Waals surface area contributed by atoms with Gasteiger partial charge in [0.15, 0.2) is 5.60 Å². The molecule has 1 saturated heterocycles. The van der Waals surface area contributed by atoms with E-state index in [0.29, 0.717) is 5.92 Å². The number of nitrogens with one attached hydrogen (secondary N) is 1. The van der Waals surface area contributed by atoms with Crippen molar-refractivity contribution in [2.24, 2.45) is 11.8 Å². The first-order valence-corrected chi connectivity index (χ1v) is 11.5. The highest BCUT2D eigenvalue weighted by atomic mass is 16.3. The topological polar surface area (TPSA) is 52.6 Å². The Hall–Kier alpha value is -1.65. The van der Waals surface area contributed by atoms with Crippen molar-refractivity contribution in [1.29, 1.82) is 0 Å². The van der Waals surface area contributed by atoms with Gasteiger partial charge in [-0.05, 0) is 37.2 Å². The zero-order chi connectivity index (χ0) is 20.7. The van der Waals surface area contributed by atoms with E-state index in [1.165, 1.54) is 6.42 Å². The third-order valence-corrected chi connectivity index (χ3v) is 6.90. The Balaban J connectivity index is 1.58. The SMILES string of the molecule is CCC(C)/C=C/CN1CCC(NC(=O)C(O)(c2ccccc2)C2CCCC2)CC1. The van der Waals surface area contributed by atoms with Crippen LogP contribution in [0.25, 0.3) is 0 Å². The zero-order valence-electron chi connectivity index (χ0n) is 18.1. The van der Waals surface area contributed by atoms with Crippen LogP contribution >= 0.6 is 0 Å². The summed E-state index contributed by atoms with van der Waals surface area (Å²) in [7, 11) is 0. The lowest BCUT2D eigenvalue weighted by Crippen LogP contribution is -2.54. The molecule has 160 valence electrons. The van der Waals surface area contributed by atoms with Crippen LogP contribution in [0.3, 0.4) is 0 Å². The van der Waals surface area contributed by atoms with Gasteiger partial charge >= 0.3 is 0 Å². The Kier molecular flexibility index (Phi) is 7.91. The molecule has 0 aromatic heterocycles. The Morgan fingerprint density at radius 1 is 1.21 bits per heavy atom. The van der Waals surface area contributed by atoms with Crippen LogP contribution in [0.2, 0.25) is 0 Å². The minimum Gasteiger partial charge on any atom is -0.375 e. The molecule has 1 saturated carbocycles. The molecule has 2 N–H and O–H groups in total. The quantitative estimate of drug-likeness (QED) is 0.644. The van der Waals surface area contributed by atoms with Gasteiger partial charge in [0, 0.05) is 31.6 Å². The molecule has 2 atom stereocenters. The summed E-state index contributed by atoms with van der Waals surface area (Å²) in [5, 5.41) is 14.8. The van der Waals surface area contributed by atoms with Crippen LogP contribution in [0, 0.1) is 11.8 Å². The summed E-state index contributed by atoms with van der Waals surface area (Å²) in [6, 6.07) is 9.69. The second kappa shape index (κ2) is 10.4. The van der Waals surface area contributed by atoms with Crippen LogP contribution in [-0.2, 0) is 10.4 Å². The van der Waals surface area contributed by atoms with Gasteiger partial charge in [-0.25, -0.2) is 0 Å². The Morgan fingerprint density at radius 3 is 2.48 bits per heavy atom. The van der Waals surface area contributed by atoms with Crippen molar-refractivity contribution < 1.29 is 9.90 Å². The fourth-order valence-electron chi connectivity index (χ4n) is 4.72. The highest BCUT2D eigenvalue weighted by Gasteiger charge is 2.46. The fraction of sp³-hybridized carbons (Fsp3) is 0.640. The molecule has 0 radical (unpaired) electrons. The molecule has 1 amide bonds. The van der Waals surface area contributed by atoms with Gasteiger partial charge in [-0.1, -0.05) is 75.6 Å². The number of benzene rings is 1. The van der Waals surface area contributed by atoms with E-state index in [1.807, 2.05) is 30.3 Å². The van der Waals surface area contributed by atoms with Crippen molar-refractivity contribution in [2.75, 3.05) is 19.6 Å². The monoisotopic (exact) mass is 398 g/mol. The predicted octanol–water partition coefficient (Wildman–Crippen LogP) is 4.25. The summed E-state index contributed by atoms with van der Waals surface area (Å²) in [5.41, 5.74) is -0.675. The van der Waals surface area contributed by atoms with E-state index in [4.69, 9.17) is 0 Å².